The zero-order valence-corrected chi connectivity index (χ0v) is 23.4. The Bertz CT molecular complexity index is 876. The van der Waals surface area contributed by atoms with E-state index in [2.05, 4.69) is 20.1 Å². The molecule has 7 atom stereocenters. The zero-order valence-electron chi connectivity index (χ0n) is 23.4. The maximum atomic E-state index is 14.4. The molecule has 37 heavy (non-hydrogen) atoms. The van der Waals surface area contributed by atoms with Gasteiger partial charge < -0.3 is 24.5 Å². The van der Waals surface area contributed by atoms with Gasteiger partial charge in [-0.25, -0.2) is 0 Å². The van der Waals surface area contributed by atoms with Crippen LogP contribution in [0.5, 0.6) is 0 Å². The molecular formula is C29H47N3O5. The Hall–Kier alpha value is -2.19. The number of carbonyl (C=O) groups is 3. The number of aliphatic hydroxyl groups is 1. The van der Waals surface area contributed by atoms with Crippen molar-refractivity contribution in [2.75, 3.05) is 26.2 Å². The summed E-state index contributed by atoms with van der Waals surface area (Å²) in [5, 5.41) is 10.4. The molecule has 8 nitrogen and oxygen atoms in total. The van der Waals surface area contributed by atoms with Crippen molar-refractivity contribution in [2.45, 2.75) is 96.6 Å². The highest BCUT2D eigenvalue weighted by Gasteiger charge is 2.75. The first kappa shape index (κ1) is 29.4. The first-order chi connectivity index (χ1) is 17.6. The molecule has 3 unspecified atom stereocenters. The number of fused-ring (bicyclic) bond motifs is 1. The van der Waals surface area contributed by atoms with Crippen molar-refractivity contribution in [1.82, 2.24) is 14.7 Å². The minimum Gasteiger partial charge on any atom is -0.394 e. The first-order valence-electron chi connectivity index (χ1n) is 14.1. The van der Waals surface area contributed by atoms with Crippen LogP contribution in [0.15, 0.2) is 25.3 Å². The third kappa shape index (κ3) is 4.99. The van der Waals surface area contributed by atoms with Crippen molar-refractivity contribution in [2.24, 2.45) is 17.8 Å². The molecule has 3 rings (SSSR count). The van der Waals surface area contributed by atoms with E-state index in [1.165, 1.54) is 0 Å². The van der Waals surface area contributed by atoms with Crippen LogP contribution in [0.1, 0.15) is 66.7 Å². The smallest absolute Gasteiger partial charge is 0.248 e. The van der Waals surface area contributed by atoms with Crippen LogP contribution >= 0.6 is 0 Å². The van der Waals surface area contributed by atoms with Crippen LogP contribution in [-0.4, -0.2) is 93.6 Å². The quantitative estimate of drug-likeness (QED) is 0.358. The van der Waals surface area contributed by atoms with E-state index >= 15 is 0 Å². The topological polar surface area (TPSA) is 90.4 Å². The van der Waals surface area contributed by atoms with Crippen molar-refractivity contribution in [3.8, 4) is 0 Å². The lowest BCUT2D eigenvalue weighted by Gasteiger charge is -2.41. The second kappa shape index (κ2) is 12.1. The SMILES string of the molecule is C=CCN(CCC)C(=O)[C@@H]1[C@@H]2CCC3(O2)C(C(=O)N(CC=C)C(C)CCC)N([C@@H](CO)C(C)C)C(=O)[C@H]13. The van der Waals surface area contributed by atoms with Crippen LogP contribution < -0.4 is 0 Å². The zero-order chi connectivity index (χ0) is 27.5. The largest absolute Gasteiger partial charge is 0.394 e. The number of hydrogen-bond acceptors (Lipinski definition) is 5. The van der Waals surface area contributed by atoms with E-state index < -0.39 is 35.6 Å². The molecule has 0 aromatic heterocycles. The fourth-order valence-corrected chi connectivity index (χ4v) is 6.91. The number of amides is 3. The molecule has 1 spiro atoms. The van der Waals surface area contributed by atoms with Crippen molar-refractivity contribution < 1.29 is 24.2 Å². The van der Waals surface area contributed by atoms with Crippen molar-refractivity contribution >= 4 is 17.7 Å². The highest BCUT2D eigenvalue weighted by molar-refractivity contribution is 5.99. The van der Waals surface area contributed by atoms with Crippen molar-refractivity contribution in [3.05, 3.63) is 25.3 Å². The van der Waals surface area contributed by atoms with Gasteiger partial charge in [0, 0.05) is 25.7 Å². The first-order valence-corrected chi connectivity index (χ1v) is 14.1. The van der Waals surface area contributed by atoms with Gasteiger partial charge in [-0.15, -0.1) is 13.2 Å². The van der Waals surface area contributed by atoms with Crippen LogP contribution in [0.4, 0.5) is 0 Å². The number of likely N-dealkylation sites (tertiary alicyclic amines) is 1. The van der Waals surface area contributed by atoms with E-state index in [4.69, 9.17) is 4.74 Å². The van der Waals surface area contributed by atoms with E-state index in [9.17, 15) is 19.5 Å². The summed E-state index contributed by atoms with van der Waals surface area (Å²) in [6.07, 6.45) is 6.72. The van der Waals surface area contributed by atoms with E-state index in [-0.39, 0.29) is 36.3 Å². The summed E-state index contributed by atoms with van der Waals surface area (Å²) in [7, 11) is 0. The predicted octanol–water partition coefficient (Wildman–Crippen LogP) is 3.01. The Labute approximate surface area is 222 Å². The van der Waals surface area contributed by atoms with E-state index in [1.807, 2.05) is 27.7 Å². The van der Waals surface area contributed by atoms with E-state index in [0.717, 1.165) is 19.3 Å². The van der Waals surface area contributed by atoms with Gasteiger partial charge in [0.15, 0.2) is 0 Å². The normalized spacial score (nSPS) is 29.8. The summed E-state index contributed by atoms with van der Waals surface area (Å²) in [5.74, 6) is -1.99. The van der Waals surface area contributed by atoms with Gasteiger partial charge >= 0.3 is 0 Å². The van der Waals surface area contributed by atoms with Gasteiger partial charge in [-0.3, -0.25) is 14.4 Å². The second-order valence-corrected chi connectivity index (χ2v) is 11.3. The van der Waals surface area contributed by atoms with Gasteiger partial charge in [-0.05, 0) is 38.5 Å². The Balaban J connectivity index is 2.11. The lowest BCUT2D eigenvalue weighted by molar-refractivity contribution is -0.154. The maximum absolute atomic E-state index is 14.4. The van der Waals surface area contributed by atoms with Gasteiger partial charge in [0.05, 0.1) is 30.6 Å². The lowest BCUT2D eigenvalue weighted by atomic mass is 9.70. The number of nitrogens with zero attached hydrogens (tertiary/aromatic N) is 3. The minimum atomic E-state index is -1.07. The molecule has 0 radical (unpaired) electrons. The lowest BCUT2D eigenvalue weighted by Crippen LogP contribution is -2.60. The highest BCUT2D eigenvalue weighted by atomic mass is 16.5. The van der Waals surface area contributed by atoms with Crippen LogP contribution in [0.25, 0.3) is 0 Å². The molecule has 8 heteroatoms. The summed E-state index contributed by atoms with van der Waals surface area (Å²) in [5.41, 5.74) is -1.07. The molecular weight excluding hydrogens is 470 g/mol. The second-order valence-electron chi connectivity index (χ2n) is 11.3. The fourth-order valence-electron chi connectivity index (χ4n) is 6.91. The monoisotopic (exact) mass is 517 g/mol. The van der Waals surface area contributed by atoms with Gasteiger partial charge in [-0.2, -0.15) is 0 Å². The molecule has 2 bridgehead atoms. The molecule has 0 aromatic carbocycles. The molecule has 3 aliphatic heterocycles. The van der Waals surface area contributed by atoms with Gasteiger partial charge in [0.25, 0.3) is 0 Å². The number of ether oxygens (including phenoxy) is 1. The van der Waals surface area contributed by atoms with Crippen LogP contribution in [0, 0.1) is 17.8 Å². The average Bonchev–Trinajstić information content (AvgIpc) is 3.50. The molecule has 3 saturated heterocycles. The van der Waals surface area contributed by atoms with Gasteiger partial charge in [0.1, 0.15) is 11.6 Å². The number of rotatable bonds is 14. The molecule has 3 heterocycles. The third-order valence-electron chi connectivity index (χ3n) is 8.57. The molecule has 0 aromatic rings. The summed E-state index contributed by atoms with van der Waals surface area (Å²) in [6, 6.07) is -1.48. The number of hydrogen-bond donors (Lipinski definition) is 1. The van der Waals surface area contributed by atoms with E-state index in [1.54, 1.807) is 26.9 Å². The molecule has 0 saturated carbocycles. The predicted molar refractivity (Wildman–Crippen MR) is 144 cm³/mol. The average molecular weight is 518 g/mol. The summed E-state index contributed by atoms with van der Waals surface area (Å²) in [4.78, 5) is 47.7. The summed E-state index contributed by atoms with van der Waals surface area (Å²) in [6.45, 7) is 18.7. The summed E-state index contributed by atoms with van der Waals surface area (Å²) < 4.78 is 6.61. The number of carbonyl (C=O) groups excluding carboxylic acids is 3. The Morgan fingerprint density at radius 2 is 1.84 bits per heavy atom. The summed E-state index contributed by atoms with van der Waals surface area (Å²) >= 11 is 0. The maximum Gasteiger partial charge on any atom is 0.248 e. The Morgan fingerprint density at radius 3 is 2.38 bits per heavy atom. The van der Waals surface area contributed by atoms with Gasteiger partial charge in [0.2, 0.25) is 17.7 Å². The molecule has 208 valence electrons. The van der Waals surface area contributed by atoms with Crippen LogP contribution in [0.3, 0.4) is 0 Å². The third-order valence-corrected chi connectivity index (χ3v) is 8.57. The van der Waals surface area contributed by atoms with Crippen molar-refractivity contribution in [3.63, 3.8) is 0 Å². The number of aliphatic hydroxyl groups excluding tert-OH is 1. The molecule has 3 amide bonds. The molecule has 3 fully saturated rings. The van der Waals surface area contributed by atoms with E-state index in [0.29, 0.717) is 32.5 Å². The van der Waals surface area contributed by atoms with Crippen LogP contribution in [-0.2, 0) is 19.1 Å². The minimum absolute atomic E-state index is 0.0433. The Morgan fingerprint density at radius 1 is 1.16 bits per heavy atom. The fraction of sp³-hybridized carbons (Fsp3) is 0.759. The standard InChI is InChI=1S/C29H47N3O5/c1-8-12-20(7)31(17-11-4)28(36)25-29-14-13-22(37-29)23(26(34)30(15-9-2)16-10-3)24(29)27(35)32(25)21(18-33)19(5)6/h9,11,19-25,33H,2,4,8,10,12-18H2,1,3,5-7H3/t20?,21-,22-,23+,24-,25?,29?/m0/s1. The molecule has 1 N–H and O–H groups in total. The Kier molecular flexibility index (Phi) is 9.62. The molecule has 0 aliphatic carbocycles. The molecule has 3 aliphatic rings. The highest BCUT2D eigenvalue weighted by Crippen LogP contribution is 2.59. The van der Waals surface area contributed by atoms with Gasteiger partial charge in [-0.1, -0.05) is 46.3 Å². The van der Waals surface area contributed by atoms with Crippen LogP contribution in [0.2, 0.25) is 0 Å². The van der Waals surface area contributed by atoms with Crippen molar-refractivity contribution in [1.29, 1.82) is 0 Å².